The van der Waals surface area contributed by atoms with Gasteiger partial charge in [0.1, 0.15) is 5.75 Å². The first-order chi connectivity index (χ1) is 17.2. The monoisotopic (exact) mass is 533 g/mol. The topological polar surface area (TPSA) is 108 Å². The van der Waals surface area contributed by atoms with E-state index < -0.39 is 19.9 Å². The van der Waals surface area contributed by atoms with Crippen LogP contribution in [0, 0.1) is 5.92 Å². The maximum Gasteiger partial charge on any atom is 0.243 e. The van der Waals surface area contributed by atoms with E-state index in [1.807, 2.05) is 6.07 Å². The van der Waals surface area contributed by atoms with Crippen LogP contribution in [0.25, 0.3) is 0 Å². The highest BCUT2D eigenvalue weighted by Gasteiger charge is 2.33. The molecule has 1 saturated carbocycles. The van der Waals surface area contributed by atoms with Crippen LogP contribution in [0.2, 0.25) is 0 Å². The smallest absolute Gasteiger partial charge is 0.243 e. The van der Waals surface area contributed by atoms with Gasteiger partial charge in [-0.25, -0.2) is 21.8 Å². The number of ether oxygens (including phenoxy) is 2. The van der Waals surface area contributed by atoms with Crippen molar-refractivity contribution in [3.8, 4) is 5.75 Å². The highest BCUT2D eigenvalue weighted by atomic mass is 32.2. The quantitative estimate of drug-likeness (QED) is 0.332. The highest BCUT2D eigenvalue weighted by molar-refractivity contribution is 7.90. The van der Waals surface area contributed by atoms with Gasteiger partial charge in [0.25, 0.3) is 0 Å². The standard InChI is InChI=1S/C25H31N3O6S2/c1-33-15-14-28-22(16-26-25(28)35(29,30)19-21-6-4-3-5-7-21)18-27(17-20-8-9-20)36(31,32)24-12-10-23(34-2)11-13-24/h3-7,10-13,16,20H,8-9,14-15,17-19H2,1-2H3. The maximum atomic E-state index is 13.6. The van der Waals surface area contributed by atoms with E-state index in [-0.39, 0.29) is 41.4 Å². The Bertz CT molecular complexity index is 1370. The summed E-state index contributed by atoms with van der Waals surface area (Å²) in [6.07, 6.45) is 3.39. The average Bonchev–Trinajstić information content (AvgIpc) is 3.60. The van der Waals surface area contributed by atoms with Gasteiger partial charge < -0.3 is 14.0 Å². The zero-order chi connectivity index (χ0) is 25.8. The Labute approximate surface area is 212 Å². The summed E-state index contributed by atoms with van der Waals surface area (Å²) in [5.74, 6) is 0.649. The third kappa shape index (κ3) is 6.15. The molecule has 1 fully saturated rings. The van der Waals surface area contributed by atoms with Gasteiger partial charge in [0.2, 0.25) is 25.0 Å². The summed E-state index contributed by atoms with van der Waals surface area (Å²) in [4.78, 5) is 4.40. The molecule has 0 saturated heterocycles. The van der Waals surface area contributed by atoms with Crippen molar-refractivity contribution < 1.29 is 26.3 Å². The molecule has 4 rings (SSSR count). The molecule has 0 atom stereocenters. The van der Waals surface area contributed by atoms with Gasteiger partial charge >= 0.3 is 0 Å². The van der Waals surface area contributed by atoms with Crippen molar-refractivity contribution in [2.45, 2.75) is 41.7 Å². The lowest BCUT2D eigenvalue weighted by Crippen LogP contribution is -2.33. The molecule has 1 aliphatic rings. The van der Waals surface area contributed by atoms with Crippen LogP contribution in [-0.4, -0.2) is 58.1 Å². The first-order valence-corrected chi connectivity index (χ1v) is 14.8. The Kier molecular flexibility index (Phi) is 8.13. The van der Waals surface area contributed by atoms with E-state index in [0.29, 0.717) is 23.6 Å². The molecule has 1 aromatic heterocycles. The van der Waals surface area contributed by atoms with Crippen LogP contribution in [-0.2, 0) is 43.4 Å². The van der Waals surface area contributed by atoms with Crippen molar-refractivity contribution >= 4 is 19.9 Å². The van der Waals surface area contributed by atoms with Crippen LogP contribution in [0.1, 0.15) is 24.1 Å². The molecule has 0 spiro atoms. The van der Waals surface area contributed by atoms with Crippen molar-refractivity contribution in [3.05, 3.63) is 72.1 Å². The van der Waals surface area contributed by atoms with E-state index >= 15 is 0 Å². The molecular formula is C25H31N3O6S2. The number of rotatable bonds is 13. The second-order valence-electron chi connectivity index (χ2n) is 8.84. The van der Waals surface area contributed by atoms with Gasteiger partial charge in [-0.05, 0) is 48.6 Å². The molecule has 1 aliphatic carbocycles. The normalized spacial score (nSPS) is 14.3. The maximum absolute atomic E-state index is 13.6. The number of aromatic nitrogens is 2. The molecule has 0 amide bonds. The van der Waals surface area contributed by atoms with E-state index in [1.165, 1.54) is 36.9 Å². The Balaban J connectivity index is 1.67. The van der Waals surface area contributed by atoms with Crippen molar-refractivity contribution in [2.75, 3.05) is 27.4 Å². The summed E-state index contributed by atoms with van der Waals surface area (Å²) in [6.45, 7) is 0.846. The van der Waals surface area contributed by atoms with Crippen LogP contribution < -0.4 is 4.74 Å². The number of hydrogen-bond donors (Lipinski definition) is 0. The lowest BCUT2D eigenvalue weighted by atomic mass is 10.2. The average molecular weight is 534 g/mol. The molecule has 3 aromatic rings. The van der Waals surface area contributed by atoms with E-state index in [2.05, 4.69) is 4.98 Å². The predicted octanol–water partition coefficient (Wildman–Crippen LogP) is 3.11. The lowest BCUT2D eigenvalue weighted by Gasteiger charge is -2.23. The van der Waals surface area contributed by atoms with Crippen molar-refractivity contribution in [3.63, 3.8) is 0 Å². The van der Waals surface area contributed by atoms with Crippen molar-refractivity contribution in [1.82, 2.24) is 13.9 Å². The Morgan fingerprint density at radius 1 is 1.00 bits per heavy atom. The number of benzene rings is 2. The molecule has 9 nitrogen and oxygen atoms in total. The number of hydrogen-bond acceptors (Lipinski definition) is 7. The molecule has 194 valence electrons. The van der Waals surface area contributed by atoms with Gasteiger partial charge in [-0.2, -0.15) is 4.31 Å². The highest BCUT2D eigenvalue weighted by Crippen LogP contribution is 2.33. The number of nitrogens with zero attached hydrogens (tertiary/aromatic N) is 3. The molecule has 0 radical (unpaired) electrons. The first kappa shape index (κ1) is 26.3. The van der Waals surface area contributed by atoms with Crippen molar-refractivity contribution in [1.29, 1.82) is 0 Å². The summed E-state index contributed by atoms with van der Waals surface area (Å²) >= 11 is 0. The minimum atomic E-state index is -3.84. The van der Waals surface area contributed by atoms with Crippen LogP contribution in [0.15, 0.2) is 70.8 Å². The molecule has 0 N–H and O–H groups in total. The number of sulfone groups is 1. The van der Waals surface area contributed by atoms with Gasteiger partial charge in [-0.15, -0.1) is 0 Å². The van der Waals surface area contributed by atoms with E-state index in [1.54, 1.807) is 41.0 Å². The number of sulfonamides is 1. The first-order valence-electron chi connectivity index (χ1n) is 11.7. The summed E-state index contributed by atoms with van der Waals surface area (Å²) in [6, 6.07) is 15.2. The van der Waals surface area contributed by atoms with Crippen LogP contribution >= 0.6 is 0 Å². The van der Waals surface area contributed by atoms with Gasteiger partial charge in [-0.1, -0.05) is 30.3 Å². The second-order valence-corrected chi connectivity index (χ2v) is 12.7. The molecule has 11 heteroatoms. The van der Waals surface area contributed by atoms with Crippen LogP contribution in [0.4, 0.5) is 0 Å². The minimum absolute atomic E-state index is 0.00241. The molecule has 0 unspecified atom stereocenters. The van der Waals surface area contributed by atoms with Gasteiger partial charge in [0.15, 0.2) is 0 Å². The van der Waals surface area contributed by atoms with Crippen molar-refractivity contribution in [2.24, 2.45) is 5.92 Å². The zero-order valence-corrected chi connectivity index (χ0v) is 22.0. The fourth-order valence-electron chi connectivity index (χ4n) is 3.96. The summed E-state index contributed by atoms with van der Waals surface area (Å²) in [7, 11) is -4.56. The van der Waals surface area contributed by atoms with E-state index in [0.717, 1.165) is 12.8 Å². The number of imidazole rings is 1. The Hall–Kier alpha value is -2.73. The Morgan fingerprint density at radius 3 is 2.31 bits per heavy atom. The minimum Gasteiger partial charge on any atom is -0.497 e. The fourth-order valence-corrected chi connectivity index (χ4v) is 6.97. The van der Waals surface area contributed by atoms with E-state index in [9.17, 15) is 16.8 Å². The van der Waals surface area contributed by atoms with E-state index in [4.69, 9.17) is 9.47 Å². The second kappa shape index (κ2) is 11.1. The molecule has 0 bridgehead atoms. The van der Waals surface area contributed by atoms with Crippen LogP contribution in [0.5, 0.6) is 5.75 Å². The fraction of sp³-hybridized carbons (Fsp3) is 0.400. The number of methoxy groups -OCH3 is 2. The molecular weight excluding hydrogens is 502 g/mol. The zero-order valence-electron chi connectivity index (χ0n) is 20.4. The molecule has 1 heterocycles. The molecule has 36 heavy (non-hydrogen) atoms. The molecule has 0 aliphatic heterocycles. The van der Waals surface area contributed by atoms with Gasteiger partial charge in [-0.3, -0.25) is 0 Å². The Morgan fingerprint density at radius 2 is 1.69 bits per heavy atom. The predicted molar refractivity (Wildman–Crippen MR) is 135 cm³/mol. The summed E-state index contributed by atoms with van der Waals surface area (Å²) < 4.78 is 67.1. The summed E-state index contributed by atoms with van der Waals surface area (Å²) in [5, 5.41) is -0.0911. The van der Waals surface area contributed by atoms with Crippen LogP contribution in [0.3, 0.4) is 0 Å². The van der Waals surface area contributed by atoms with Gasteiger partial charge in [0.05, 0.1) is 42.8 Å². The SMILES string of the molecule is COCCn1c(CN(CC2CC2)S(=O)(=O)c2ccc(OC)cc2)cnc1S(=O)(=O)Cc1ccccc1. The third-order valence-corrected chi connectivity index (χ3v) is 9.51. The third-order valence-electron chi connectivity index (χ3n) is 6.09. The largest absolute Gasteiger partial charge is 0.497 e. The lowest BCUT2D eigenvalue weighted by molar-refractivity contribution is 0.182. The van der Waals surface area contributed by atoms with Gasteiger partial charge in [0, 0.05) is 20.2 Å². The molecule has 2 aromatic carbocycles. The summed E-state index contributed by atoms with van der Waals surface area (Å²) in [5.41, 5.74) is 1.15.